The number of halogens is 12. The van der Waals surface area contributed by atoms with E-state index in [1.54, 1.807) is 5.32 Å². The van der Waals surface area contributed by atoms with Crippen molar-refractivity contribution in [2.24, 2.45) is 0 Å². The number of alkyl halides is 10. The van der Waals surface area contributed by atoms with Crippen molar-refractivity contribution < 1.29 is 53.1 Å². The fourth-order valence-electron chi connectivity index (χ4n) is 2.79. The van der Waals surface area contributed by atoms with Crippen LogP contribution in [-0.2, 0) is 11.8 Å². The minimum absolute atomic E-state index is 0.156. The summed E-state index contributed by atoms with van der Waals surface area (Å²) in [7, 11) is 0. The van der Waals surface area contributed by atoms with Crippen LogP contribution < -0.4 is 10.6 Å². The Kier molecular flexibility index (Phi) is 7.84. The molecule has 0 bridgehead atoms. The van der Waals surface area contributed by atoms with Gasteiger partial charge < -0.3 is 10.6 Å². The van der Waals surface area contributed by atoms with Crippen molar-refractivity contribution in [2.45, 2.75) is 24.2 Å². The highest BCUT2D eigenvalue weighted by atomic mass is 127. The molecule has 2 rings (SSSR count). The highest BCUT2D eigenvalue weighted by molar-refractivity contribution is 14.1. The first kappa shape index (κ1) is 28.4. The molecule has 2 N–H and O–H groups in total. The number of hydrogen-bond donors (Lipinski definition) is 2. The first-order chi connectivity index (χ1) is 15.9. The molecule has 0 aliphatic heterocycles. The maximum atomic E-state index is 14.5. The monoisotopic (exact) mass is 631 g/mol. The zero-order chi connectivity index (χ0) is 27.0. The van der Waals surface area contributed by atoms with E-state index >= 15 is 0 Å². The zero-order valence-electron chi connectivity index (χ0n) is 16.5. The smallest absolute Gasteiger partial charge is 0.320 e. The number of hydrogen-bond acceptors (Lipinski definition) is 2. The molecule has 0 aliphatic rings. The molecule has 1 amide bonds. The molecule has 16 heteroatoms. The Bertz CT molecular complexity index is 1150. The Morgan fingerprint density at radius 1 is 0.971 bits per heavy atom. The number of carbonyl (C=O) groups excluding carboxylic acids is 1. The van der Waals surface area contributed by atoms with Crippen molar-refractivity contribution >= 4 is 39.9 Å². The van der Waals surface area contributed by atoms with Crippen LogP contribution in [-0.4, -0.2) is 24.9 Å². The molecular weight excluding hydrogens is 622 g/mol. The lowest BCUT2D eigenvalue weighted by atomic mass is 9.92. The van der Waals surface area contributed by atoms with Crippen molar-refractivity contribution in [3.63, 3.8) is 0 Å². The second-order valence-corrected chi connectivity index (χ2v) is 7.81. The van der Waals surface area contributed by atoms with Crippen LogP contribution in [0.5, 0.6) is 0 Å². The summed E-state index contributed by atoms with van der Waals surface area (Å²) in [6.45, 7) is 6.21. The summed E-state index contributed by atoms with van der Waals surface area (Å²) in [5, 5.41) is 3.88. The molecule has 0 aromatic heterocycles. The van der Waals surface area contributed by atoms with E-state index in [4.69, 9.17) is 6.57 Å². The van der Waals surface area contributed by atoms with Crippen LogP contribution in [0.4, 0.5) is 59.7 Å². The first-order valence-electron chi connectivity index (χ1n) is 8.76. The Morgan fingerprint density at radius 3 is 2.03 bits per heavy atom. The number of benzene rings is 2. The highest BCUT2D eigenvalue weighted by Crippen LogP contribution is 2.54. The van der Waals surface area contributed by atoms with Crippen LogP contribution in [0.1, 0.15) is 21.5 Å². The van der Waals surface area contributed by atoms with Gasteiger partial charge in [0, 0.05) is 9.13 Å². The number of amides is 1. The van der Waals surface area contributed by atoms with Crippen LogP contribution in [0, 0.1) is 16.0 Å². The molecule has 2 aromatic rings. The Balaban J connectivity index is 2.66. The molecule has 35 heavy (non-hydrogen) atoms. The van der Waals surface area contributed by atoms with Crippen LogP contribution >= 0.6 is 22.6 Å². The number of nitrogens with zero attached hydrogens (tertiary/aromatic N) is 1. The van der Waals surface area contributed by atoms with E-state index in [2.05, 4.69) is 10.2 Å². The molecule has 190 valence electrons. The summed E-state index contributed by atoms with van der Waals surface area (Å²) < 4.78 is 147. The first-order valence-corrected chi connectivity index (χ1v) is 9.84. The number of nitrogens with one attached hydrogen (secondary N) is 2. The van der Waals surface area contributed by atoms with Crippen LogP contribution in [0.3, 0.4) is 0 Å². The quantitative estimate of drug-likeness (QED) is 0.207. The average molecular weight is 631 g/mol. The van der Waals surface area contributed by atoms with Gasteiger partial charge in [0.05, 0.1) is 22.5 Å². The summed E-state index contributed by atoms with van der Waals surface area (Å²) in [6, 6.07) is 2.13. The molecule has 0 radical (unpaired) electrons. The molecular formula is C19H9F11IN3O. The molecule has 0 spiro atoms. The fraction of sp³-hybridized carbons (Fsp3) is 0.263. The topological polar surface area (TPSA) is 45.5 Å². The molecule has 0 aliphatic carbocycles. The van der Waals surface area contributed by atoms with Crippen LogP contribution in [0.25, 0.3) is 4.85 Å². The predicted octanol–water partition coefficient (Wildman–Crippen LogP) is 7.28. The maximum Gasteiger partial charge on any atom is 0.435 e. The van der Waals surface area contributed by atoms with E-state index < -0.39 is 74.6 Å². The Hall–Kier alpha value is -2.84. The van der Waals surface area contributed by atoms with Gasteiger partial charge >= 0.3 is 24.2 Å². The number of rotatable bonds is 5. The van der Waals surface area contributed by atoms with E-state index in [9.17, 15) is 53.1 Å². The molecule has 4 nitrogen and oxygen atoms in total. The second kappa shape index (κ2) is 9.66. The summed E-state index contributed by atoms with van der Waals surface area (Å²) in [5.74, 6) is -2.85. The van der Waals surface area contributed by atoms with Gasteiger partial charge in [0.15, 0.2) is 5.82 Å². The van der Waals surface area contributed by atoms with Crippen molar-refractivity contribution in [1.29, 1.82) is 0 Å². The lowest BCUT2D eigenvalue weighted by Gasteiger charge is -2.31. The van der Waals surface area contributed by atoms with Gasteiger partial charge in [-0.05, 0) is 46.9 Å². The molecule has 0 saturated carbocycles. The standard InChI is InChI=1S/C19H9F11IN3O/c1-32-7-33-12-4-2-3-9(13(12)20)15(35)34-14-10(17(22,23)24)5-8(6-11(14)31)16(21,18(25,26)27)19(28,29)30/h2-6,33H,7H2,(H,34,35). The van der Waals surface area contributed by atoms with Crippen molar-refractivity contribution in [2.75, 3.05) is 17.3 Å². The van der Waals surface area contributed by atoms with E-state index in [-0.39, 0.29) is 11.8 Å². The van der Waals surface area contributed by atoms with E-state index in [1.165, 1.54) is 0 Å². The Morgan fingerprint density at radius 2 is 1.54 bits per heavy atom. The van der Waals surface area contributed by atoms with E-state index in [0.29, 0.717) is 0 Å². The highest BCUT2D eigenvalue weighted by Gasteiger charge is 2.73. The molecule has 2 aromatic carbocycles. The van der Waals surface area contributed by atoms with Gasteiger partial charge in [-0.25, -0.2) is 15.4 Å². The van der Waals surface area contributed by atoms with Gasteiger partial charge in [-0.1, -0.05) is 6.07 Å². The minimum atomic E-state index is -6.68. The molecule has 0 atom stereocenters. The summed E-state index contributed by atoms with van der Waals surface area (Å²) in [6.07, 6.45) is -19.0. The van der Waals surface area contributed by atoms with Crippen molar-refractivity contribution in [1.82, 2.24) is 0 Å². The third kappa shape index (κ3) is 5.54. The maximum absolute atomic E-state index is 14.5. The lowest BCUT2D eigenvalue weighted by Crippen LogP contribution is -2.50. The Labute approximate surface area is 202 Å². The molecule has 0 fully saturated rings. The normalized spacial score (nSPS) is 12.8. The largest absolute Gasteiger partial charge is 0.435 e. The van der Waals surface area contributed by atoms with Gasteiger partial charge in [-0.3, -0.25) is 9.64 Å². The predicted molar refractivity (Wildman–Crippen MR) is 109 cm³/mol. The van der Waals surface area contributed by atoms with Crippen molar-refractivity contribution in [3.8, 4) is 0 Å². The van der Waals surface area contributed by atoms with Crippen LogP contribution in [0.2, 0.25) is 0 Å². The lowest BCUT2D eigenvalue weighted by molar-refractivity contribution is -0.348. The molecule has 0 unspecified atom stereocenters. The third-order valence-corrected chi connectivity index (χ3v) is 5.26. The average Bonchev–Trinajstić information content (AvgIpc) is 2.71. The van der Waals surface area contributed by atoms with Gasteiger partial charge in [0.2, 0.25) is 0 Å². The number of anilines is 2. The zero-order valence-corrected chi connectivity index (χ0v) is 18.6. The van der Waals surface area contributed by atoms with Gasteiger partial charge in [-0.2, -0.15) is 39.5 Å². The van der Waals surface area contributed by atoms with Crippen LogP contribution in [0.15, 0.2) is 30.3 Å². The molecule has 0 heterocycles. The summed E-state index contributed by atoms with van der Waals surface area (Å²) in [5.41, 5.74) is -13.4. The minimum Gasteiger partial charge on any atom is -0.320 e. The second-order valence-electron chi connectivity index (χ2n) is 6.65. The summed E-state index contributed by atoms with van der Waals surface area (Å²) >= 11 is 0.879. The summed E-state index contributed by atoms with van der Waals surface area (Å²) in [4.78, 5) is 15.3. The molecule has 0 saturated heterocycles. The fourth-order valence-corrected chi connectivity index (χ4v) is 3.55. The van der Waals surface area contributed by atoms with E-state index in [1.807, 2.05) is 0 Å². The van der Waals surface area contributed by atoms with Gasteiger partial charge in [-0.15, -0.1) is 0 Å². The SMILES string of the molecule is [C-]#[N+]CNc1cccc(C(=O)Nc2c(I)cc(C(F)(C(F)(F)F)C(F)(F)F)cc2C(F)(F)F)c1F. The van der Waals surface area contributed by atoms with Gasteiger partial charge in [0.1, 0.15) is 0 Å². The van der Waals surface area contributed by atoms with E-state index in [0.717, 1.165) is 40.8 Å². The van der Waals surface area contributed by atoms with Crippen molar-refractivity contribution in [3.05, 3.63) is 67.8 Å². The van der Waals surface area contributed by atoms with Gasteiger partial charge in [0.25, 0.3) is 12.6 Å². The number of carbonyl (C=O) groups is 1. The third-order valence-electron chi connectivity index (χ3n) is 4.41.